The molecule has 2 aliphatic heterocycles. The number of fused-ring (bicyclic) bond motifs is 1. The van der Waals surface area contributed by atoms with Gasteiger partial charge in [-0.3, -0.25) is 4.79 Å². The molecule has 1 amide bonds. The van der Waals surface area contributed by atoms with Crippen molar-refractivity contribution in [3.8, 4) is 11.5 Å². The molecule has 0 bridgehead atoms. The normalized spacial score (nSPS) is 17.4. The Balaban J connectivity index is 1.42. The first-order valence-corrected chi connectivity index (χ1v) is 12.0. The van der Waals surface area contributed by atoms with Crippen LogP contribution in [0.4, 0.5) is 4.39 Å². The van der Waals surface area contributed by atoms with E-state index in [9.17, 15) is 17.6 Å². The third-order valence-corrected chi connectivity index (χ3v) is 7.45. The maximum Gasteiger partial charge on any atom is 0.246 e. The number of halogens is 2. The number of carbonyl (C=O) groups is 1. The van der Waals surface area contributed by atoms with Gasteiger partial charge in [0.25, 0.3) is 0 Å². The summed E-state index contributed by atoms with van der Waals surface area (Å²) in [7, 11) is -3.75. The van der Waals surface area contributed by atoms with Crippen LogP contribution in [-0.4, -0.2) is 62.9 Å². The third-order valence-electron chi connectivity index (χ3n) is 5.26. The Kier molecular flexibility index (Phi) is 6.68. The highest BCUT2D eigenvalue weighted by Gasteiger charge is 2.28. The van der Waals surface area contributed by atoms with Crippen LogP contribution in [0.15, 0.2) is 47.4 Å². The zero-order valence-electron chi connectivity index (χ0n) is 17.2. The first kappa shape index (κ1) is 22.6. The van der Waals surface area contributed by atoms with Gasteiger partial charge in [0.2, 0.25) is 15.9 Å². The molecule has 4 rings (SSSR count). The fourth-order valence-corrected chi connectivity index (χ4v) is 5.35. The van der Waals surface area contributed by atoms with E-state index < -0.39 is 15.8 Å². The minimum atomic E-state index is -3.75. The van der Waals surface area contributed by atoms with Crippen molar-refractivity contribution in [2.24, 2.45) is 0 Å². The Morgan fingerprint density at radius 2 is 1.78 bits per heavy atom. The van der Waals surface area contributed by atoms with Crippen molar-refractivity contribution in [2.75, 3.05) is 39.4 Å². The number of ether oxygens (including phenoxy) is 2. The second-order valence-electron chi connectivity index (χ2n) is 7.40. The van der Waals surface area contributed by atoms with Gasteiger partial charge >= 0.3 is 0 Å². The topological polar surface area (TPSA) is 76.2 Å². The zero-order chi connectivity index (χ0) is 22.7. The van der Waals surface area contributed by atoms with E-state index in [-0.39, 0.29) is 30.4 Å². The summed E-state index contributed by atoms with van der Waals surface area (Å²) in [5.74, 6) is 0.309. The number of nitrogens with zero attached hydrogens (tertiary/aromatic N) is 2. The molecule has 32 heavy (non-hydrogen) atoms. The van der Waals surface area contributed by atoms with Gasteiger partial charge in [0.15, 0.2) is 11.5 Å². The monoisotopic (exact) mass is 480 g/mol. The summed E-state index contributed by atoms with van der Waals surface area (Å²) in [4.78, 5) is 14.3. The lowest BCUT2D eigenvalue weighted by Crippen LogP contribution is -2.36. The number of carbonyl (C=O) groups excluding carboxylic acids is 1. The molecule has 0 unspecified atom stereocenters. The summed E-state index contributed by atoms with van der Waals surface area (Å²) in [6, 6.07) is 8.19. The van der Waals surface area contributed by atoms with Gasteiger partial charge in [0.05, 0.1) is 9.92 Å². The standard InChI is InChI=1S/C22H22ClFN2O5S/c23-19-14-16(15-20-22(19)31-13-12-30-20)2-7-21(27)25-8-1-9-26(11-10-25)32(28,29)18-5-3-17(24)4-6-18/h2-7,14-15H,1,8-13H2/b7-2+. The van der Waals surface area contributed by atoms with Crippen LogP contribution in [-0.2, 0) is 14.8 Å². The van der Waals surface area contributed by atoms with E-state index in [0.29, 0.717) is 48.3 Å². The molecule has 2 aliphatic rings. The van der Waals surface area contributed by atoms with Gasteiger partial charge in [-0.1, -0.05) is 11.6 Å². The molecule has 2 heterocycles. The third kappa shape index (κ3) is 4.90. The van der Waals surface area contributed by atoms with Crippen molar-refractivity contribution in [1.82, 2.24) is 9.21 Å². The Morgan fingerprint density at radius 1 is 1.03 bits per heavy atom. The molecule has 10 heteroatoms. The van der Waals surface area contributed by atoms with Crippen LogP contribution in [0, 0.1) is 5.82 Å². The molecule has 7 nitrogen and oxygen atoms in total. The molecule has 2 aromatic carbocycles. The van der Waals surface area contributed by atoms with Crippen LogP contribution in [0.5, 0.6) is 11.5 Å². The van der Waals surface area contributed by atoms with E-state index in [1.807, 2.05) is 0 Å². The molecule has 0 saturated carbocycles. The van der Waals surface area contributed by atoms with Crippen molar-refractivity contribution < 1.29 is 27.1 Å². The summed E-state index contributed by atoms with van der Waals surface area (Å²) < 4.78 is 51.2. The van der Waals surface area contributed by atoms with Crippen molar-refractivity contribution in [1.29, 1.82) is 0 Å². The van der Waals surface area contributed by atoms with Crippen LogP contribution >= 0.6 is 11.6 Å². The fraction of sp³-hybridized carbons (Fsp3) is 0.318. The molecule has 170 valence electrons. The van der Waals surface area contributed by atoms with Crippen molar-refractivity contribution >= 4 is 33.6 Å². The maximum absolute atomic E-state index is 13.1. The Labute approximate surface area is 191 Å². The van der Waals surface area contributed by atoms with Crippen LogP contribution in [0.3, 0.4) is 0 Å². The highest BCUT2D eigenvalue weighted by molar-refractivity contribution is 7.89. The molecular weight excluding hydrogens is 459 g/mol. The molecular formula is C22H22ClFN2O5S. The van der Waals surface area contributed by atoms with Crippen LogP contribution in [0.2, 0.25) is 5.02 Å². The van der Waals surface area contributed by atoms with Crippen LogP contribution in [0.25, 0.3) is 6.08 Å². The first-order valence-electron chi connectivity index (χ1n) is 10.2. The van der Waals surface area contributed by atoms with Crippen LogP contribution in [0.1, 0.15) is 12.0 Å². The van der Waals surface area contributed by atoms with Gasteiger partial charge in [0.1, 0.15) is 19.0 Å². The lowest BCUT2D eigenvalue weighted by atomic mass is 10.1. The molecule has 0 spiro atoms. The minimum Gasteiger partial charge on any atom is -0.486 e. The summed E-state index contributed by atoms with van der Waals surface area (Å²) in [5, 5.41) is 0.408. The van der Waals surface area contributed by atoms with Crippen molar-refractivity contribution in [3.05, 3.63) is 58.9 Å². The molecule has 1 saturated heterocycles. The van der Waals surface area contributed by atoms with Gasteiger partial charge < -0.3 is 14.4 Å². The average Bonchev–Trinajstić information content (AvgIpc) is 3.05. The van der Waals surface area contributed by atoms with E-state index in [1.165, 1.54) is 22.5 Å². The van der Waals surface area contributed by atoms with Gasteiger partial charge in [-0.15, -0.1) is 0 Å². The fourth-order valence-electron chi connectivity index (χ4n) is 3.61. The number of sulfonamides is 1. The van der Waals surface area contributed by atoms with E-state index in [2.05, 4.69) is 0 Å². The lowest BCUT2D eigenvalue weighted by molar-refractivity contribution is -0.125. The highest BCUT2D eigenvalue weighted by atomic mass is 35.5. The number of rotatable bonds is 4. The van der Waals surface area contributed by atoms with E-state index in [4.69, 9.17) is 21.1 Å². The summed E-state index contributed by atoms with van der Waals surface area (Å²) in [5.41, 5.74) is 0.697. The van der Waals surface area contributed by atoms with E-state index in [0.717, 1.165) is 12.1 Å². The molecule has 1 fully saturated rings. The largest absolute Gasteiger partial charge is 0.486 e. The zero-order valence-corrected chi connectivity index (χ0v) is 18.7. The highest BCUT2D eigenvalue weighted by Crippen LogP contribution is 2.38. The molecule has 0 N–H and O–H groups in total. The first-order chi connectivity index (χ1) is 15.3. The maximum atomic E-state index is 13.1. The average molecular weight is 481 g/mol. The molecule has 0 aliphatic carbocycles. The summed E-state index contributed by atoms with van der Waals surface area (Å²) in [6.45, 7) is 2.00. The number of amides is 1. The smallest absolute Gasteiger partial charge is 0.246 e. The number of benzene rings is 2. The van der Waals surface area contributed by atoms with E-state index >= 15 is 0 Å². The van der Waals surface area contributed by atoms with Gasteiger partial charge in [-0.25, -0.2) is 12.8 Å². The lowest BCUT2D eigenvalue weighted by Gasteiger charge is -2.21. The second-order valence-corrected chi connectivity index (χ2v) is 9.74. The van der Waals surface area contributed by atoms with Gasteiger partial charge in [-0.2, -0.15) is 4.31 Å². The molecule has 0 atom stereocenters. The van der Waals surface area contributed by atoms with Crippen LogP contribution < -0.4 is 9.47 Å². The summed E-state index contributed by atoms with van der Waals surface area (Å²) in [6.07, 6.45) is 3.58. The number of hydrogen-bond donors (Lipinski definition) is 0. The predicted octanol–water partition coefficient (Wildman–Crippen LogP) is 3.19. The quantitative estimate of drug-likeness (QED) is 0.628. The van der Waals surface area contributed by atoms with Gasteiger partial charge in [0, 0.05) is 32.3 Å². The Morgan fingerprint density at radius 3 is 2.56 bits per heavy atom. The molecule has 2 aromatic rings. The predicted molar refractivity (Wildman–Crippen MR) is 118 cm³/mol. The van der Waals surface area contributed by atoms with Crippen molar-refractivity contribution in [2.45, 2.75) is 11.3 Å². The van der Waals surface area contributed by atoms with E-state index in [1.54, 1.807) is 23.1 Å². The molecule has 0 radical (unpaired) electrons. The number of hydrogen-bond acceptors (Lipinski definition) is 5. The SMILES string of the molecule is O=C(/C=C/c1cc(Cl)c2c(c1)OCCO2)N1CCCN(S(=O)(=O)c2ccc(F)cc2)CC1. The molecule has 0 aromatic heterocycles. The van der Waals surface area contributed by atoms with Gasteiger partial charge in [-0.05, 0) is 54.5 Å². The second kappa shape index (κ2) is 9.48. The minimum absolute atomic E-state index is 0.0362. The summed E-state index contributed by atoms with van der Waals surface area (Å²) >= 11 is 6.23. The Bertz CT molecular complexity index is 1140. The Hall–Kier alpha value is -2.62. The van der Waals surface area contributed by atoms with Crippen molar-refractivity contribution in [3.63, 3.8) is 0 Å².